The number of rotatable bonds is 4. The van der Waals surface area contributed by atoms with Crippen molar-refractivity contribution in [2.24, 2.45) is 5.73 Å². The van der Waals surface area contributed by atoms with Crippen molar-refractivity contribution in [3.8, 4) is 11.6 Å². The first kappa shape index (κ1) is 10.8. The van der Waals surface area contributed by atoms with Crippen LogP contribution < -0.4 is 5.73 Å². The molecule has 2 heterocycles. The Hall–Kier alpha value is -1.69. The summed E-state index contributed by atoms with van der Waals surface area (Å²) in [5, 5.41) is 10.5. The van der Waals surface area contributed by atoms with Crippen LogP contribution in [0.5, 0.6) is 0 Å². The van der Waals surface area contributed by atoms with Crippen LogP contribution >= 0.6 is 0 Å². The van der Waals surface area contributed by atoms with Crippen molar-refractivity contribution in [1.29, 1.82) is 0 Å². The second kappa shape index (κ2) is 4.05. The van der Waals surface area contributed by atoms with Crippen LogP contribution in [0.4, 0.5) is 0 Å². The highest BCUT2D eigenvalue weighted by Gasteiger charge is 2.29. The minimum atomic E-state index is -0.512. The molecule has 0 spiro atoms. The molecule has 0 aliphatic carbocycles. The third-order valence-electron chi connectivity index (χ3n) is 2.86. The van der Waals surface area contributed by atoms with E-state index in [4.69, 9.17) is 10.3 Å². The Kier molecular flexibility index (Phi) is 2.74. The molecular formula is C10H15N5O. The molecule has 0 aliphatic heterocycles. The standard InChI is InChI=1S/C10H15N5O/c1-3-10(11,4-2)9-13-8(16-15-9)7-5-6-12-14-7/h5-6H,3-4,11H2,1-2H3,(H,12,14). The molecule has 0 atom stereocenters. The first-order valence-electron chi connectivity index (χ1n) is 5.32. The van der Waals surface area contributed by atoms with Gasteiger partial charge in [0.05, 0.1) is 5.54 Å². The third-order valence-corrected chi connectivity index (χ3v) is 2.86. The molecule has 0 radical (unpaired) electrons. The van der Waals surface area contributed by atoms with Crippen LogP contribution in [-0.4, -0.2) is 20.3 Å². The molecule has 0 saturated heterocycles. The molecule has 0 aromatic carbocycles. The van der Waals surface area contributed by atoms with E-state index in [1.54, 1.807) is 12.3 Å². The topological polar surface area (TPSA) is 93.6 Å². The van der Waals surface area contributed by atoms with Crippen LogP contribution in [0.15, 0.2) is 16.8 Å². The molecule has 0 saturated carbocycles. The zero-order valence-electron chi connectivity index (χ0n) is 9.40. The average Bonchev–Trinajstić information content (AvgIpc) is 2.97. The number of hydrogen-bond donors (Lipinski definition) is 2. The van der Waals surface area contributed by atoms with E-state index in [1.165, 1.54) is 0 Å². The summed E-state index contributed by atoms with van der Waals surface area (Å²) in [6, 6.07) is 1.77. The van der Waals surface area contributed by atoms with Crippen LogP contribution in [-0.2, 0) is 5.54 Å². The fourth-order valence-corrected chi connectivity index (χ4v) is 1.48. The predicted octanol–water partition coefficient (Wildman–Crippen LogP) is 1.43. The summed E-state index contributed by atoms with van der Waals surface area (Å²) in [6.07, 6.45) is 3.17. The van der Waals surface area contributed by atoms with Gasteiger partial charge >= 0.3 is 0 Å². The molecule has 0 bridgehead atoms. The van der Waals surface area contributed by atoms with Crippen molar-refractivity contribution in [2.45, 2.75) is 32.2 Å². The number of nitrogens with two attached hydrogens (primary N) is 1. The molecule has 0 amide bonds. The molecule has 2 aromatic rings. The zero-order chi connectivity index (χ0) is 11.6. The van der Waals surface area contributed by atoms with Gasteiger partial charge in [0.2, 0.25) is 0 Å². The van der Waals surface area contributed by atoms with Gasteiger partial charge in [-0.1, -0.05) is 19.0 Å². The van der Waals surface area contributed by atoms with E-state index in [0.717, 1.165) is 12.8 Å². The zero-order valence-corrected chi connectivity index (χ0v) is 9.40. The molecule has 2 aromatic heterocycles. The van der Waals surface area contributed by atoms with Gasteiger partial charge in [-0.15, -0.1) is 0 Å². The van der Waals surface area contributed by atoms with Gasteiger partial charge in [-0.25, -0.2) is 0 Å². The Morgan fingerprint density at radius 2 is 2.19 bits per heavy atom. The van der Waals surface area contributed by atoms with Crippen molar-refractivity contribution in [3.05, 3.63) is 18.1 Å². The maximum absolute atomic E-state index is 6.17. The fraction of sp³-hybridized carbons (Fsp3) is 0.500. The number of nitrogens with one attached hydrogen (secondary N) is 1. The van der Waals surface area contributed by atoms with Crippen molar-refractivity contribution in [1.82, 2.24) is 20.3 Å². The van der Waals surface area contributed by atoms with Crippen LogP contribution in [0.2, 0.25) is 0 Å². The lowest BCUT2D eigenvalue weighted by Crippen LogP contribution is -2.36. The third kappa shape index (κ3) is 1.71. The molecular weight excluding hydrogens is 206 g/mol. The van der Waals surface area contributed by atoms with E-state index in [9.17, 15) is 0 Å². The molecule has 0 aliphatic rings. The minimum absolute atomic E-state index is 0.421. The van der Waals surface area contributed by atoms with E-state index >= 15 is 0 Å². The van der Waals surface area contributed by atoms with Crippen LogP contribution in [0.3, 0.4) is 0 Å². The fourth-order valence-electron chi connectivity index (χ4n) is 1.48. The summed E-state index contributed by atoms with van der Waals surface area (Å²) < 4.78 is 5.15. The van der Waals surface area contributed by atoms with Gasteiger partial charge in [0.15, 0.2) is 5.82 Å². The van der Waals surface area contributed by atoms with E-state index < -0.39 is 5.54 Å². The SMILES string of the molecule is CCC(N)(CC)c1noc(-c2ccn[nH]2)n1. The summed E-state index contributed by atoms with van der Waals surface area (Å²) >= 11 is 0. The quantitative estimate of drug-likeness (QED) is 0.814. The van der Waals surface area contributed by atoms with E-state index in [-0.39, 0.29) is 0 Å². The van der Waals surface area contributed by atoms with E-state index in [1.807, 2.05) is 13.8 Å². The highest BCUT2D eigenvalue weighted by molar-refractivity contribution is 5.44. The molecule has 6 heteroatoms. The summed E-state index contributed by atoms with van der Waals surface area (Å²) in [5.74, 6) is 0.964. The average molecular weight is 221 g/mol. The second-order valence-electron chi connectivity index (χ2n) is 3.76. The maximum Gasteiger partial charge on any atom is 0.275 e. The molecule has 16 heavy (non-hydrogen) atoms. The Morgan fingerprint density at radius 1 is 1.44 bits per heavy atom. The number of nitrogens with zero attached hydrogens (tertiary/aromatic N) is 3. The molecule has 6 nitrogen and oxygen atoms in total. The van der Waals surface area contributed by atoms with Gasteiger partial charge in [-0.2, -0.15) is 10.1 Å². The lowest BCUT2D eigenvalue weighted by Gasteiger charge is -2.21. The Labute approximate surface area is 93.2 Å². The summed E-state index contributed by atoms with van der Waals surface area (Å²) in [6.45, 7) is 4.02. The first-order chi connectivity index (χ1) is 7.69. The molecule has 86 valence electrons. The minimum Gasteiger partial charge on any atom is -0.332 e. The van der Waals surface area contributed by atoms with Gasteiger partial charge in [-0.3, -0.25) is 5.10 Å². The first-order valence-corrected chi connectivity index (χ1v) is 5.32. The van der Waals surface area contributed by atoms with Crippen LogP contribution in [0.1, 0.15) is 32.5 Å². The van der Waals surface area contributed by atoms with Crippen molar-refractivity contribution in [2.75, 3.05) is 0 Å². The molecule has 3 N–H and O–H groups in total. The molecule has 2 rings (SSSR count). The second-order valence-corrected chi connectivity index (χ2v) is 3.76. The highest BCUT2D eigenvalue weighted by atomic mass is 16.5. The molecule has 0 fully saturated rings. The number of H-pyrrole nitrogens is 1. The Bertz CT molecular complexity index is 443. The van der Waals surface area contributed by atoms with Gasteiger partial charge in [0, 0.05) is 6.20 Å². The molecule has 0 unspecified atom stereocenters. The van der Waals surface area contributed by atoms with Crippen LogP contribution in [0.25, 0.3) is 11.6 Å². The monoisotopic (exact) mass is 221 g/mol. The van der Waals surface area contributed by atoms with E-state index in [2.05, 4.69) is 20.3 Å². The largest absolute Gasteiger partial charge is 0.332 e. The lowest BCUT2D eigenvalue weighted by molar-refractivity contribution is 0.350. The van der Waals surface area contributed by atoms with Crippen molar-refractivity contribution in [3.63, 3.8) is 0 Å². The number of aromatic nitrogens is 4. The van der Waals surface area contributed by atoms with Crippen molar-refractivity contribution < 1.29 is 4.52 Å². The van der Waals surface area contributed by atoms with Crippen molar-refractivity contribution >= 4 is 0 Å². The number of hydrogen-bond acceptors (Lipinski definition) is 5. The Balaban J connectivity index is 2.33. The lowest BCUT2D eigenvalue weighted by atomic mass is 9.93. The highest BCUT2D eigenvalue weighted by Crippen LogP contribution is 2.24. The normalized spacial score (nSPS) is 11.9. The predicted molar refractivity (Wildman–Crippen MR) is 58.3 cm³/mol. The Morgan fingerprint density at radius 3 is 2.75 bits per heavy atom. The van der Waals surface area contributed by atoms with E-state index in [0.29, 0.717) is 17.4 Å². The summed E-state index contributed by atoms with van der Waals surface area (Å²) in [5.41, 5.74) is 6.36. The smallest absolute Gasteiger partial charge is 0.275 e. The van der Waals surface area contributed by atoms with Gasteiger partial charge in [0.1, 0.15) is 5.69 Å². The maximum atomic E-state index is 6.17. The number of aromatic amines is 1. The van der Waals surface area contributed by atoms with Gasteiger partial charge < -0.3 is 10.3 Å². The van der Waals surface area contributed by atoms with Crippen LogP contribution in [0, 0.1) is 0 Å². The van der Waals surface area contributed by atoms with Gasteiger partial charge in [0.25, 0.3) is 5.89 Å². The van der Waals surface area contributed by atoms with Gasteiger partial charge in [-0.05, 0) is 18.9 Å². The summed E-state index contributed by atoms with van der Waals surface area (Å²) in [4.78, 5) is 4.29. The summed E-state index contributed by atoms with van der Waals surface area (Å²) in [7, 11) is 0.